The highest BCUT2D eigenvalue weighted by molar-refractivity contribution is 5.96. The molecule has 2 aliphatic carbocycles. The smallest absolute Gasteiger partial charge is 0.145 e. The molecule has 0 N–H and O–H groups in total. The fraction of sp³-hybridized carbons (Fsp3) is 0.0200. The molecule has 0 bridgehead atoms. The number of aromatic nitrogens is 2. The van der Waals surface area contributed by atoms with E-state index < -0.39 is 5.41 Å². The molecule has 248 valence electrons. The third-order valence-corrected chi connectivity index (χ3v) is 11.2. The number of hydrogen-bond acceptors (Lipinski definition) is 2. The fourth-order valence-corrected chi connectivity index (χ4v) is 9.06. The van der Waals surface area contributed by atoms with Crippen molar-refractivity contribution < 1.29 is 0 Å². The molecule has 0 radical (unpaired) electrons. The predicted octanol–water partition coefficient (Wildman–Crippen LogP) is 12.5. The van der Waals surface area contributed by atoms with Crippen LogP contribution in [-0.4, -0.2) is 9.55 Å². The van der Waals surface area contributed by atoms with Crippen LogP contribution in [0.15, 0.2) is 200 Å². The van der Waals surface area contributed by atoms with Gasteiger partial charge in [0.2, 0.25) is 0 Å². The normalized spacial score (nSPS) is 13.1. The lowest BCUT2D eigenvalue weighted by Gasteiger charge is -2.32. The number of anilines is 3. The summed E-state index contributed by atoms with van der Waals surface area (Å²) < 4.78 is 2.26. The molecule has 53 heavy (non-hydrogen) atoms. The molecule has 0 atom stereocenters. The second kappa shape index (κ2) is 11.5. The summed E-state index contributed by atoms with van der Waals surface area (Å²) in [4.78, 5) is 7.52. The average Bonchev–Trinajstić information content (AvgIpc) is 3.86. The van der Waals surface area contributed by atoms with Crippen LogP contribution in [0.25, 0.3) is 50.4 Å². The topological polar surface area (TPSA) is 21.1 Å². The van der Waals surface area contributed by atoms with E-state index in [-0.39, 0.29) is 0 Å². The molecule has 0 amide bonds. The van der Waals surface area contributed by atoms with E-state index in [1.165, 1.54) is 44.5 Å². The molecular formula is C50H33N3. The Kier molecular flexibility index (Phi) is 6.47. The lowest BCUT2D eigenvalue weighted by atomic mass is 9.70. The molecule has 3 heteroatoms. The summed E-state index contributed by atoms with van der Waals surface area (Å²) in [6.07, 6.45) is 0. The van der Waals surface area contributed by atoms with Crippen molar-refractivity contribution >= 4 is 28.1 Å². The summed E-state index contributed by atoms with van der Waals surface area (Å²) in [5.74, 6) is 0.922. The second-order valence-electron chi connectivity index (χ2n) is 13.9. The number of nitrogens with zero attached hydrogens (tertiary/aromatic N) is 3. The number of rotatable bonds is 5. The van der Waals surface area contributed by atoms with Gasteiger partial charge in [-0.2, -0.15) is 0 Å². The van der Waals surface area contributed by atoms with E-state index in [0.717, 1.165) is 45.2 Å². The van der Waals surface area contributed by atoms with E-state index in [9.17, 15) is 0 Å². The van der Waals surface area contributed by atoms with Crippen LogP contribution in [-0.2, 0) is 5.41 Å². The first kappa shape index (κ1) is 29.7. The quantitative estimate of drug-likeness (QED) is 0.181. The van der Waals surface area contributed by atoms with Crippen LogP contribution in [0, 0.1) is 0 Å². The van der Waals surface area contributed by atoms with E-state index in [4.69, 9.17) is 4.98 Å². The maximum Gasteiger partial charge on any atom is 0.145 e. The highest BCUT2D eigenvalue weighted by Gasteiger charge is 2.51. The monoisotopic (exact) mass is 675 g/mol. The van der Waals surface area contributed by atoms with Gasteiger partial charge in [0.15, 0.2) is 0 Å². The van der Waals surface area contributed by atoms with Crippen molar-refractivity contribution in [1.29, 1.82) is 0 Å². The Morgan fingerprint density at radius 3 is 1.53 bits per heavy atom. The summed E-state index contributed by atoms with van der Waals surface area (Å²) in [5, 5.41) is 0. The Balaban J connectivity index is 1.10. The van der Waals surface area contributed by atoms with Crippen molar-refractivity contribution in [2.24, 2.45) is 0 Å². The molecule has 2 aliphatic rings. The van der Waals surface area contributed by atoms with E-state index in [1.807, 2.05) is 0 Å². The van der Waals surface area contributed by atoms with Gasteiger partial charge in [-0.1, -0.05) is 127 Å². The SMILES string of the molecule is c1ccc(N(c2ccc(-c3nc4ccccc4n3-c3ccccc3)cc2)c2ccc3c(c2)C2(c4ccccc4-c4ccccc42)c2ccccc2-3)cc1. The minimum absolute atomic E-state index is 0.405. The molecule has 0 saturated heterocycles. The molecule has 0 fully saturated rings. The zero-order valence-corrected chi connectivity index (χ0v) is 28.9. The molecule has 0 saturated carbocycles. The number of hydrogen-bond donors (Lipinski definition) is 0. The van der Waals surface area contributed by atoms with E-state index >= 15 is 0 Å². The first-order valence-electron chi connectivity index (χ1n) is 18.2. The van der Waals surface area contributed by atoms with Crippen LogP contribution >= 0.6 is 0 Å². The standard InChI is InChI=1S/C50H33N3/c1-3-15-35(16-4-1)52(37-29-27-34(28-30-37)49-51-47-25-13-14-26-48(47)53(49)36-17-5-2-6-18-36)38-31-32-42-41-21-9-12-24-45(41)50(46(42)33-38)43-22-10-7-19-39(43)40-20-8-11-23-44(40)50/h1-33H. The molecular weight excluding hydrogens is 643 g/mol. The van der Waals surface area contributed by atoms with E-state index in [2.05, 4.69) is 210 Å². The Hall–Kier alpha value is -6.97. The van der Waals surface area contributed by atoms with Crippen LogP contribution in [0.4, 0.5) is 17.1 Å². The van der Waals surface area contributed by atoms with Crippen molar-refractivity contribution in [3.63, 3.8) is 0 Å². The van der Waals surface area contributed by atoms with Crippen molar-refractivity contribution in [3.05, 3.63) is 222 Å². The van der Waals surface area contributed by atoms with E-state index in [1.54, 1.807) is 0 Å². The van der Waals surface area contributed by atoms with Crippen LogP contribution in [0.5, 0.6) is 0 Å². The molecule has 0 aliphatic heterocycles. The molecule has 11 rings (SSSR count). The fourth-order valence-electron chi connectivity index (χ4n) is 9.06. The summed E-state index contributed by atoms with van der Waals surface area (Å²) >= 11 is 0. The molecule has 1 heterocycles. The Morgan fingerprint density at radius 1 is 0.396 bits per heavy atom. The highest BCUT2D eigenvalue weighted by atomic mass is 15.1. The van der Waals surface area contributed by atoms with Crippen LogP contribution < -0.4 is 4.90 Å². The largest absolute Gasteiger partial charge is 0.310 e. The molecule has 0 unspecified atom stereocenters. The first-order valence-corrected chi connectivity index (χ1v) is 18.2. The van der Waals surface area contributed by atoms with Gasteiger partial charge in [-0.15, -0.1) is 0 Å². The van der Waals surface area contributed by atoms with Gasteiger partial charge >= 0.3 is 0 Å². The predicted molar refractivity (Wildman–Crippen MR) is 217 cm³/mol. The molecule has 9 aromatic rings. The third kappa shape index (κ3) is 4.25. The van der Waals surface area contributed by atoms with Crippen molar-refractivity contribution in [2.75, 3.05) is 4.90 Å². The molecule has 1 spiro atoms. The van der Waals surface area contributed by atoms with Crippen LogP contribution in [0.2, 0.25) is 0 Å². The average molecular weight is 676 g/mol. The van der Waals surface area contributed by atoms with Gasteiger partial charge in [0.1, 0.15) is 5.82 Å². The van der Waals surface area contributed by atoms with Gasteiger partial charge in [-0.3, -0.25) is 4.57 Å². The number of fused-ring (bicyclic) bond motifs is 11. The molecule has 3 nitrogen and oxygen atoms in total. The molecule has 1 aromatic heterocycles. The van der Waals surface area contributed by atoms with E-state index in [0.29, 0.717) is 0 Å². The van der Waals surface area contributed by atoms with Crippen molar-refractivity contribution in [3.8, 4) is 39.3 Å². The number of para-hydroxylation sites is 4. The summed E-state index contributed by atoms with van der Waals surface area (Å²) in [7, 11) is 0. The third-order valence-electron chi connectivity index (χ3n) is 11.2. The van der Waals surface area contributed by atoms with Gasteiger partial charge in [0, 0.05) is 28.3 Å². The lowest BCUT2D eigenvalue weighted by Crippen LogP contribution is -2.26. The first-order chi connectivity index (χ1) is 26.3. The maximum atomic E-state index is 5.14. The van der Waals surface area contributed by atoms with Gasteiger partial charge in [-0.25, -0.2) is 4.98 Å². The Bertz CT molecular complexity index is 2770. The summed E-state index contributed by atoms with van der Waals surface area (Å²) in [6, 6.07) is 72.5. The summed E-state index contributed by atoms with van der Waals surface area (Å²) in [6.45, 7) is 0. The zero-order chi connectivity index (χ0) is 34.9. The second-order valence-corrected chi connectivity index (χ2v) is 13.9. The lowest BCUT2D eigenvalue weighted by molar-refractivity contribution is 0.793. The van der Waals surface area contributed by atoms with Crippen molar-refractivity contribution in [2.45, 2.75) is 5.41 Å². The highest BCUT2D eigenvalue weighted by Crippen LogP contribution is 2.63. The zero-order valence-electron chi connectivity index (χ0n) is 28.9. The van der Waals surface area contributed by atoms with Gasteiger partial charge < -0.3 is 4.90 Å². The maximum absolute atomic E-state index is 5.14. The Morgan fingerprint density at radius 2 is 0.887 bits per heavy atom. The van der Waals surface area contributed by atoms with Crippen LogP contribution in [0.1, 0.15) is 22.3 Å². The molecule has 8 aromatic carbocycles. The van der Waals surface area contributed by atoms with Gasteiger partial charge in [0.05, 0.1) is 16.4 Å². The van der Waals surface area contributed by atoms with Crippen LogP contribution in [0.3, 0.4) is 0 Å². The number of benzene rings is 8. The Labute approximate surface area is 308 Å². The minimum atomic E-state index is -0.405. The van der Waals surface area contributed by atoms with Gasteiger partial charge in [0.25, 0.3) is 0 Å². The summed E-state index contributed by atoms with van der Waals surface area (Å²) in [5.41, 5.74) is 17.7. The van der Waals surface area contributed by atoms with Gasteiger partial charge in [-0.05, 0) is 117 Å². The van der Waals surface area contributed by atoms with Crippen molar-refractivity contribution in [1.82, 2.24) is 9.55 Å². The number of imidazole rings is 1. The minimum Gasteiger partial charge on any atom is -0.310 e.